The summed E-state index contributed by atoms with van der Waals surface area (Å²) in [4.78, 5) is 24.5. The van der Waals surface area contributed by atoms with Crippen molar-refractivity contribution in [1.29, 1.82) is 0 Å². The van der Waals surface area contributed by atoms with Gasteiger partial charge in [0.25, 0.3) is 0 Å². The summed E-state index contributed by atoms with van der Waals surface area (Å²) in [6, 6.07) is 34.6. The van der Waals surface area contributed by atoms with Crippen molar-refractivity contribution in [2.45, 2.75) is 38.9 Å². The number of carbonyl (C=O) groups is 2. The first kappa shape index (κ1) is 26.5. The van der Waals surface area contributed by atoms with Gasteiger partial charge in [0.15, 0.2) is 0 Å². The molecule has 4 aromatic rings. The number of benzene rings is 4. The van der Waals surface area contributed by atoms with Gasteiger partial charge in [-0.2, -0.15) is 0 Å². The van der Waals surface area contributed by atoms with Crippen LogP contribution < -0.4 is 20.1 Å². The van der Waals surface area contributed by atoms with E-state index in [1.165, 1.54) is 0 Å². The van der Waals surface area contributed by atoms with E-state index in [-0.39, 0.29) is 11.8 Å². The van der Waals surface area contributed by atoms with E-state index in [9.17, 15) is 9.59 Å². The van der Waals surface area contributed by atoms with Gasteiger partial charge in [-0.15, -0.1) is 0 Å². The smallest absolute Gasteiger partial charge is 0.224 e. The van der Waals surface area contributed by atoms with Gasteiger partial charge in [0.2, 0.25) is 11.8 Å². The van der Waals surface area contributed by atoms with E-state index in [4.69, 9.17) is 9.47 Å². The van der Waals surface area contributed by atoms with E-state index in [1.54, 1.807) is 0 Å². The van der Waals surface area contributed by atoms with Gasteiger partial charge >= 0.3 is 0 Å². The van der Waals surface area contributed by atoms with Crippen molar-refractivity contribution in [2.24, 2.45) is 0 Å². The number of amides is 2. The monoisotopic (exact) mass is 508 g/mol. The third-order valence-corrected chi connectivity index (χ3v) is 5.83. The largest absolute Gasteiger partial charge is 0.489 e. The molecule has 4 rings (SSSR count). The minimum Gasteiger partial charge on any atom is -0.489 e. The van der Waals surface area contributed by atoms with E-state index in [2.05, 4.69) is 10.6 Å². The summed E-state index contributed by atoms with van der Waals surface area (Å²) in [5.41, 5.74) is 3.63. The highest BCUT2D eigenvalue weighted by atomic mass is 16.5. The zero-order chi connectivity index (χ0) is 26.4. The summed E-state index contributed by atoms with van der Waals surface area (Å²) in [6.07, 6.45) is 1.97. The van der Waals surface area contributed by atoms with Crippen LogP contribution in [0.5, 0.6) is 11.5 Å². The first-order valence-electron chi connectivity index (χ1n) is 12.8. The molecule has 0 unspecified atom stereocenters. The van der Waals surface area contributed by atoms with Crippen LogP contribution >= 0.6 is 0 Å². The van der Waals surface area contributed by atoms with Gasteiger partial charge in [0.1, 0.15) is 24.7 Å². The molecular weight excluding hydrogens is 476 g/mol. The van der Waals surface area contributed by atoms with Gasteiger partial charge in [0.05, 0.1) is 0 Å². The summed E-state index contributed by atoms with van der Waals surface area (Å²) in [7, 11) is 0. The van der Waals surface area contributed by atoms with Crippen LogP contribution in [0.15, 0.2) is 109 Å². The van der Waals surface area contributed by atoms with Gasteiger partial charge < -0.3 is 20.1 Å². The molecule has 0 bridgehead atoms. The van der Waals surface area contributed by atoms with Crippen molar-refractivity contribution < 1.29 is 19.1 Å². The molecule has 0 spiro atoms. The molecule has 2 amide bonds. The Morgan fingerprint density at radius 3 is 1.24 bits per heavy atom. The van der Waals surface area contributed by atoms with E-state index in [0.29, 0.717) is 38.9 Å². The van der Waals surface area contributed by atoms with Crippen molar-refractivity contribution in [3.8, 4) is 11.5 Å². The number of hydrogen-bond acceptors (Lipinski definition) is 4. The van der Waals surface area contributed by atoms with Crippen LogP contribution in [0.1, 0.15) is 36.8 Å². The van der Waals surface area contributed by atoms with E-state index in [1.807, 2.05) is 109 Å². The molecule has 0 radical (unpaired) electrons. The quantitative estimate of drug-likeness (QED) is 0.191. The third kappa shape index (κ3) is 9.13. The fraction of sp³-hybridized carbons (Fsp3) is 0.188. The Kier molecular flexibility index (Phi) is 9.92. The summed E-state index contributed by atoms with van der Waals surface area (Å²) in [5.74, 6) is 1.34. The van der Waals surface area contributed by atoms with E-state index >= 15 is 0 Å². The molecule has 38 heavy (non-hydrogen) atoms. The number of unbranched alkanes of at least 4 members (excludes halogenated alkanes) is 1. The predicted molar refractivity (Wildman–Crippen MR) is 150 cm³/mol. The molecule has 0 aliphatic carbocycles. The van der Waals surface area contributed by atoms with Crippen LogP contribution in [0, 0.1) is 0 Å². The first-order chi connectivity index (χ1) is 18.6. The molecule has 2 N–H and O–H groups in total. The second-order valence-corrected chi connectivity index (χ2v) is 8.90. The molecule has 0 heterocycles. The van der Waals surface area contributed by atoms with Gasteiger partial charge in [-0.05, 0) is 72.5 Å². The van der Waals surface area contributed by atoms with Crippen LogP contribution in [0.3, 0.4) is 0 Å². The maximum atomic E-state index is 12.3. The zero-order valence-corrected chi connectivity index (χ0v) is 21.3. The average Bonchev–Trinajstić information content (AvgIpc) is 2.96. The molecule has 0 fully saturated rings. The number of rotatable bonds is 13. The predicted octanol–water partition coefficient (Wildman–Crippen LogP) is 6.98. The Morgan fingerprint density at radius 1 is 0.500 bits per heavy atom. The molecule has 0 aromatic heterocycles. The van der Waals surface area contributed by atoms with E-state index < -0.39 is 0 Å². The molecule has 6 heteroatoms. The fourth-order valence-corrected chi connectivity index (χ4v) is 3.77. The summed E-state index contributed by atoms with van der Waals surface area (Å²) in [6.45, 7) is 0.989. The molecule has 0 saturated heterocycles. The Hall–Kier alpha value is -4.58. The minimum absolute atomic E-state index is 0.0746. The Balaban J connectivity index is 1.09. The number of nitrogens with one attached hydrogen (secondary N) is 2. The molecule has 6 nitrogen and oxygen atoms in total. The molecule has 0 atom stereocenters. The van der Waals surface area contributed by atoms with Crippen molar-refractivity contribution in [2.75, 3.05) is 10.6 Å². The van der Waals surface area contributed by atoms with E-state index in [0.717, 1.165) is 34.0 Å². The van der Waals surface area contributed by atoms with Crippen LogP contribution in [-0.4, -0.2) is 11.8 Å². The average molecular weight is 509 g/mol. The number of hydrogen-bond donors (Lipinski definition) is 2. The summed E-state index contributed by atoms with van der Waals surface area (Å²) in [5, 5.41) is 5.78. The highest BCUT2D eigenvalue weighted by Crippen LogP contribution is 2.19. The zero-order valence-electron chi connectivity index (χ0n) is 21.3. The number of anilines is 2. The molecule has 4 aromatic carbocycles. The SMILES string of the molecule is O=C(CCCCC(=O)Nc1ccc(OCc2ccccc2)cc1)Nc1ccc(OCc2ccccc2)cc1. The molecule has 0 aliphatic heterocycles. The highest BCUT2D eigenvalue weighted by Gasteiger charge is 2.06. The second kappa shape index (κ2) is 14.2. The van der Waals surface area contributed by atoms with Gasteiger partial charge in [-0.25, -0.2) is 0 Å². The lowest BCUT2D eigenvalue weighted by Gasteiger charge is -2.09. The maximum Gasteiger partial charge on any atom is 0.224 e. The van der Waals surface area contributed by atoms with Crippen molar-refractivity contribution in [3.05, 3.63) is 120 Å². The minimum atomic E-state index is -0.0746. The molecule has 194 valence electrons. The van der Waals surface area contributed by atoms with Crippen molar-refractivity contribution in [1.82, 2.24) is 0 Å². The normalized spacial score (nSPS) is 10.4. The summed E-state index contributed by atoms with van der Waals surface area (Å²) >= 11 is 0. The second-order valence-electron chi connectivity index (χ2n) is 8.90. The van der Waals surface area contributed by atoms with Crippen LogP contribution in [0.25, 0.3) is 0 Å². The number of ether oxygens (including phenoxy) is 2. The molecule has 0 saturated carbocycles. The first-order valence-corrected chi connectivity index (χ1v) is 12.8. The van der Waals surface area contributed by atoms with Gasteiger partial charge in [-0.3, -0.25) is 9.59 Å². The van der Waals surface area contributed by atoms with Gasteiger partial charge in [-0.1, -0.05) is 60.7 Å². The molecular formula is C32H32N2O4. The van der Waals surface area contributed by atoms with Crippen LogP contribution in [0.2, 0.25) is 0 Å². The Morgan fingerprint density at radius 2 is 0.868 bits per heavy atom. The molecule has 0 aliphatic rings. The van der Waals surface area contributed by atoms with Crippen LogP contribution in [-0.2, 0) is 22.8 Å². The topological polar surface area (TPSA) is 76.7 Å². The lowest BCUT2D eigenvalue weighted by Crippen LogP contribution is -2.13. The van der Waals surface area contributed by atoms with Gasteiger partial charge in [0, 0.05) is 24.2 Å². The third-order valence-electron chi connectivity index (χ3n) is 5.83. The van der Waals surface area contributed by atoms with Crippen molar-refractivity contribution >= 4 is 23.2 Å². The Bertz CT molecular complexity index is 1170. The standard InChI is InChI=1S/C32H32N2O4/c35-31(33-27-15-19-29(20-16-27)37-23-25-9-3-1-4-10-25)13-7-8-14-32(36)34-28-17-21-30(22-18-28)38-24-26-11-5-2-6-12-26/h1-6,9-12,15-22H,7-8,13-14,23-24H2,(H,33,35)(H,34,36). The summed E-state index contributed by atoms with van der Waals surface area (Å²) < 4.78 is 11.5. The lowest BCUT2D eigenvalue weighted by molar-refractivity contribution is -0.118. The Labute approximate surface area is 223 Å². The van der Waals surface area contributed by atoms with Crippen molar-refractivity contribution in [3.63, 3.8) is 0 Å². The fourth-order valence-electron chi connectivity index (χ4n) is 3.77. The maximum absolute atomic E-state index is 12.3. The highest BCUT2D eigenvalue weighted by molar-refractivity contribution is 5.91. The van der Waals surface area contributed by atoms with Crippen LogP contribution in [0.4, 0.5) is 11.4 Å². The number of carbonyl (C=O) groups excluding carboxylic acids is 2. The lowest BCUT2D eigenvalue weighted by atomic mass is 10.1.